The molecular formula is C18H29ClN4O2. The van der Waals surface area contributed by atoms with Crippen LogP contribution in [0.4, 0.5) is 10.5 Å². The summed E-state index contributed by atoms with van der Waals surface area (Å²) in [5.41, 5.74) is 0.759. The van der Waals surface area contributed by atoms with Crippen molar-refractivity contribution in [2.45, 2.75) is 32.2 Å². The zero-order chi connectivity index (χ0) is 17.4. The number of nitrogens with zero attached hydrogens (tertiary/aromatic N) is 1. The van der Waals surface area contributed by atoms with Crippen molar-refractivity contribution in [3.63, 3.8) is 0 Å². The molecule has 1 fully saturated rings. The molecule has 25 heavy (non-hydrogen) atoms. The molecule has 0 radical (unpaired) electrons. The van der Waals surface area contributed by atoms with E-state index < -0.39 is 0 Å². The molecule has 6 nitrogen and oxygen atoms in total. The Morgan fingerprint density at radius 2 is 1.96 bits per heavy atom. The second-order valence-electron chi connectivity index (χ2n) is 6.34. The summed E-state index contributed by atoms with van der Waals surface area (Å²) < 4.78 is 0. The quantitative estimate of drug-likeness (QED) is 0.722. The molecule has 140 valence electrons. The van der Waals surface area contributed by atoms with Crippen LogP contribution >= 0.6 is 12.4 Å². The molecule has 2 rings (SSSR count). The normalized spacial score (nSPS) is 18.0. The lowest BCUT2D eigenvalue weighted by atomic mass is 9.99. The van der Waals surface area contributed by atoms with E-state index in [0.717, 1.165) is 31.5 Å². The second-order valence-corrected chi connectivity index (χ2v) is 6.34. The molecule has 0 bridgehead atoms. The van der Waals surface area contributed by atoms with E-state index in [1.807, 2.05) is 49.2 Å². The van der Waals surface area contributed by atoms with Gasteiger partial charge in [-0.1, -0.05) is 25.1 Å². The molecule has 1 heterocycles. The van der Waals surface area contributed by atoms with Gasteiger partial charge in [-0.25, -0.2) is 4.79 Å². The number of halogens is 1. The predicted molar refractivity (Wildman–Crippen MR) is 103 cm³/mol. The lowest BCUT2D eigenvalue weighted by Crippen LogP contribution is -2.52. The van der Waals surface area contributed by atoms with E-state index >= 15 is 0 Å². The predicted octanol–water partition coefficient (Wildman–Crippen LogP) is 2.47. The fourth-order valence-corrected chi connectivity index (χ4v) is 3.09. The van der Waals surface area contributed by atoms with E-state index in [2.05, 4.69) is 16.0 Å². The number of hydrogen-bond donors (Lipinski definition) is 3. The molecule has 7 heteroatoms. The number of carbonyl (C=O) groups is 2. The summed E-state index contributed by atoms with van der Waals surface area (Å²) in [5, 5.41) is 8.75. The highest BCUT2D eigenvalue weighted by atomic mass is 35.5. The molecule has 0 aromatic heterocycles. The van der Waals surface area contributed by atoms with Gasteiger partial charge < -0.3 is 20.9 Å². The van der Waals surface area contributed by atoms with Crippen LogP contribution < -0.4 is 16.0 Å². The molecule has 3 amide bonds. The number of piperidine rings is 1. The van der Waals surface area contributed by atoms with Gasteiger partial charge in [0.2, 0.25) is 5.91 Å². The van der Waals surface area contributed by atoms with E-state index in [0.29, 0.717) is 13.1 Å². The Balaban J connectivity index is 0.00000312. The number of benzene rings is 1. The average molecular weight is 369 g/mol. The number of urea groups is 1. The Kier molecular flexibility index (Phi) is 9.31. The number of likely N-dealkylation sites (tertiary alicyclic amines) is 1. The molecule has 2 unspecified atom stereocenters. The van der Waals surface area contributed by atoms with Crippen molar-refractivity contribution in [2.75, 3.05) is 32.0 Å². The Hall–Kier alpha value is -1.79. The third-order valence-electron chi connectivity index (χ3n) is 4.37. The van der Waals surface area contributed by atoms with E-state index in [1.54, 1.807) is 0 Å². The minimum absolute atomic E-state index is 0. The van der Waals surface area contributed by atoms with Crippen molar-refractivity contribution in [1.82, 2.24) is 15.5 Å². The molecule has 1 aliphatic rings. The highest BCUT2D eigenvalue weighted by Gasteiger charge is 2.29. The monoisotopic (exact) mass is 368 g/mol. The highest BCUT2D eigenvalue weighted by molar-refractivity contribution is 5.89. The third kappa shape index (κ3) is 6.55. The SMILES string of the molecule is CNCC(C)C(=O)N1CCCCC1CNC(=O)Nc1ccccc1.Cl. The van der Waals surface area contributed by atoms with Crippen molar-refractivity contribution < 1.29 is 9.59 Å². The molecule has 0 saturated carbocycles. The lowest BCUT2D eigenvalue weighted by molar-refractivity contribution is -0.138. The van der Waals surface area contributed by atoms with Crippen molar-refractivity contribution in [3.05, 3.63) is 30.3 Å². The Bertz CT molecular complexity index is 541. The standard InChI is InChI=1S/C18H28N4O2.ClH/c1-14(12-19-2)17(23)22-11-7-6-10-16(22)13-20-18(24)21-15-8-4-3-5-9-15;/h3-5,8-9,14,16,19H,6-7,10-13H2,1-2H3,(H2,20,21,24);1H. The summed E-state index contributed by atoms with van der Waals surface area (Å²) in [6.07, 6.45) is 3.06. The molecular weight excluding hydrogens is 340 g/mol. The summed E-state index contributed by atoms with van der Waals surface area (Å²) in [7, 11) is 1.85. The van der Waals surface area contributed by atoms with Crippen LogP contribution in [-0.4, -0.2) is 49.6 Å². The number of carbonyl (C=O) groups excluding carboxylic acids is 2. The van der Waals surface area contributed by atoms with Gasteiger partial charge in [0.25, 0.3) is 0 Å². The van der Waals surface area contributed by atoms with Gasteiger partial charge in [0.1, 0.15) is 0 Å². The number of hydrogen-bond acceptors (Lipinski definition) is 3. The molecule has 0 spiro atoms. The van der Waals surface area contributed by atoms with E-state index in [9.17, 15) is 9.59 Å². The summed E-state index contributed by atoms with van der Waals surface area (Å²) in [6, 6.07) is 9.18. The molecule has 0 aliphatic carbocycles. The molecule has 3 N–H and O–H groups in total. The minimum atomic E-state index is -0.234. The largest absolute Gasteiger partial charge is 0.338 e. The van der Waals surface area contributed by atoms with Gasteiger partial charge in [0.15, 0.2) is 0 Å². The maximum absolute atomic E-state index is 12.6. The van der Waals surface area contributed by atoms with Gasteiger partial charge in [-0.3, -0.25) is 4.79 Å². The van der Waals surface area contributed by atoms with Gasteiger partial charge in [0, 0.05) is 37.3 Å². The first-order valence-corrected chi connectivity index (χ1v) is 8.66. The van der Waals surface area contributed by atoms with Crippen molar-refractivity contribution in [2.24, 2.45) is 5.92 Å². The number of nitrogens with one attached hydrogen (secondary N) is 3. The Morgan fingerprint density at radius 3 is 2.64 bits per heavy atom. The third-order valence-corrected chi connectivity index (χ3v) is 4.37. The molecule has 1 aromatic carbocycles. The van der Waals surface area contributed by atoms with Crippen LogP contribution in [0.5, 0.6) is 0 Å². The van der Waals surface area contributed by atoms with Crippen LogP contribution in [0, 0.1) is 5.92 Å². The fourth-order valence-electron chi connectivity index (χ4n) is 3.09. The van der Waals surface area contributed by atoms with Gasteiger partial charge in [-0.2, -0.15) is 0 Å². The van der Waals surface area contributed by atoms with Crippen LogP contribution in [0.2, 0.25) is 0 Å². The molecule has 1 saturated heterocycles. The Morgan fingerprint density at radius 1 is 1.24 bits per heavy atom. The fraction of sp³-hybridized carbons (Fsp3) is 0.556. The summed E-state index contributed by atoms with van der Waals surface area (Å²) in [5.74, 6) is 0.119. The summed E-state index contributed by atoms with van der Waals surface area (Å²) in [6.45, 7) is 3.88. The minimum Gasteiger partial charge on any atom is -0.338 e. The highest BCUT2D eigenvalue weighted by Crippen LogP contribution is 2.19. The lowest BCUT2D eigenvalue weighted by Gasteiger charge is -2.37. The first kappa shape index (κ1) is 21.3. The van der Waals surface area contributed by atoms with Gasteiger partial charge in [-0.15, -0.1) is 12.4 Å². The van der Waals surface area contributed by atoms with Crippen molar-refractivity contribution in [1.29, 1.82) is 0 Å². The molecule has 1 aliphatic heterocycles. The number of anilines is 1. The molecule has 2 atom stereocenters. The number of para-hydroxylation sites is 1. The zero-order valence-corrected chi connectivity index (χ0v) is 15.8. The van der Waals surface area contributed by atoms with Crippen LogP contribution in [0.1, 0.15) is 26.2 Å². The Labute approximate surface area is 156 Å². The van der Waals surface area contributed by atoms with Gasteiger partial charge >= 0.3 is 6.03 Å². The topological polar surface area (TPSA) is 73.5 Å². The van der Waals surface area contributed by atoms with Crippen LogP contribution in [0.25, 0.3) is 0 Å². The van der Waals surface area contributed by atoms with Crippen molar-refractivity contribution in [3.8, 4) is 0 Å². The molecule has 1 aromatic rings. The van der Waals surface area contributed by atoms with Crippen LogP contribution in [0.3, 0.4) is 0 Å². The second kappa shape index (κ2) is 10.9. The number of amides is 3. The summed E-state index contributed by atoms with van der Waals surface area (Å²) in [4.78, 5) is 26.6. The maximum atomic E-state index is 12.6. The van der Waals surface area contributed by atoms with E-state index in [4.69, 9.17) is 0 Å². The van der Waals surface area contributed by atoms with Crippen LogP contribution in [0.15, 0.2) is 30.3 Å². The first-order valence-electron chi connectivity index (χ1n) is 8.66. The van der Waals surface area contributed by atoms with Gasteiger partial charge in [-0.05, 0) is 38.4 Å². The first-order chi connectivity index (χ1) is 11.6. The van der Waals surface area contributed by atoms with E-state index in [1.165, 1.54) is 0 Å². The zero-order valence-electron chi connectivity index (χ0n) is 15.0. The maximum Gasteiger partial charge on any atom is 0.319 e. The summed E-state index contributed by atoms with van der Waals surface area (Å²) >= 11 is 0. The number of rotatable bonds is 6. The van der Waals surface area contributed by atoms with Crippen LogP contribution in [-0.2, 0) is 4.79 Å². The van der Waals surface area contributed by atoms with E-state index in [-0.39, 0.29) is 36.3 Å². The van der Waals surface area contributed by atoms with Crippen molar-refractivity contribution >= 4 is 30.0 Å². The average Bonchev–Trinajstić information content (AvgIpc) is 2.60. The van der Waals surface area contributed by atoms with Gasteiger partial charge in [0.05, 0.1) is 0 Å². The smallest absolute Gasteiger partial charge is 0.319 e.